The second kappa shape index (κ2) is 7.90. The maximum atomic E-state index is 5.58. The Bertz CT molecular complexity index is 1080. The summed E-state index contributed by atoms with van der Waals surface area (Å²) < 4.78 is 7.41. The number of hydrogen-bond donors (Lipinski definition) is 0. The van der Waals surface area contributed by atoms with Gasteiger partial charge in [0.2, 0.25) is 4.80 Å². The van der Waals surface area contributed by atoms with Gasteiger partial charge in [0.15, 0.2) is 5.76 Å². The molecule has 136 valence electrons. The van der Waals surface area contributed by atoms with E-state index in [0.29, 0.717) is 5.92 Å². The predicted molar refractivity (Wildman–Crippen MR) is 113 cm³/mol. The molecule has 4 rings (SSSR count). The molecule has 0 atom stereocenters. The minimum atomic E-state index is 0.506. The van der Waals surface area contributed by atoms with Gasteiger partial charge in [-0.2, -0.15) is 16.4 Å². The summed E-state index contributed by atoms with van der Waals surface area (Å²) in [5.41, 5.74) is 4.16. The van der Waals surface area contributed by atoms with Crippen LogP contribution in [0.4, 0.5) is 5.69 Å². The summed E-state index contributed by atoms with van der Waals surface area (Å²) in [4.78, 5) is 5.60. The summed E-state index contributed by atoms with van der Waals surface area (Å²) >= 11 is 3.19. The van der Waals surface area contributed by atoms with Crippen LogP contribution < -0.4 is 4.80 Å². The molecule has 4 nitrogen and oxygen atoms in total. The minimum Gasteiger partial charge on any atom is -0.463 e. The molecular formula is C21H19N3OS2. The lowest BCUT2D eigenvalue weighted by molar-refractivity contribution is 0.575. The highest BCUT2D eigenvalue weighted by molar-refractivity contribution is 7.08. The van der Waals surface area contributed by atoms with Crippen molar-refractivity contribution in [3.8, 4) is 11.5 Å². The van der Waals surface area contributed by atoms with Crippen molar-refractivity contribution in [2.45, 2.75) is 19.8 Å². The molecule has 0 amide bonds. The highest BCUT2D eigenvalue weighted by Crippen LogP contribution is 2.22. The third-order valence-corrected chi connectivity index (χ3v) is 5.63. The monoisotopic (exact) mass is 393 g/mol. The van der Waals surface area contributed by atoms with Gasteiger partial charge in [-0.3, -0.25) is 0 Å². The van der Waals surface area contributed by atoms with Crippen LogP contribution in [0.25, 0.3) is 11.5 Å². The number of aromatic nitrogens is 1. The molecule has 0 bridgehead atoms. The largest absolute Gasteiger partial charge is 0.463 e. The molecular weight excluding hydrogens is 374 g/mol. The summed E-state index contributed by atoms with van der Waals surface area (Å²) in [5.74, 6) is 1.27. The van der Waals surface area contributed by atoms with Gasteiger partial charge in [0.1, 0.15) is 5.69 Å². The molecule has 0 saturated carbocycles. The Kier molecular flexibility index (Phi) is 5.18. The van der Waals surface area contributed by atoms with Crippen molar-refractivity contribution in [2.75, 3.05) is 0 Å². The van der Waals surface area contributed by atoms with Crippen molar-refractivity contribution < 1.29 is 4.42 Å². The first-order valence-corrected chi connectivity index (χ1v) is 10.5. The topological polar surface area (TPSA) is 42.8 Å². The number of rotatable bonds is 5. The average molecular weight is 394 g/mol. The molecule has 3 heterocycles. The molecule has 0 spiro atoms. The summed E-state index contributed by atoms with van der Waals surface area (Å²) in [6.07, 6.45) is 3.51. The van der Waals surface area contributed by atoms with Crippen LogP contribution in [0.1, 0.15) is 30.9 Å². The van der Waals surface area contributed by atoms with E-state index in [1.54, 1.807) is 28.9 Å². The SMILES string of the molecule is CC(C)c1ccc(N=c2scc(-c3ccco3)n2N=Cc2ccsc2)cc1. The number of thiophene rings is 1. The summed E-state index contributed by atoms with van der Waals surface area (Å²) in [7, 11) is 0. The lowest BCUT2D eigenvalue weighted by Crippen LogP contribution is -2.11. The van der Waals surface area contributed by atoms with E-state index in [1.165, 1.54) is 5.56 Å². The molecule has 0 aliphatic rings. The van der Waals surface area contributed by atoms with Gasteiger partial charge in [0.05, 0.1) is 18.2 Å². The number of benzene rings is 1. The molecule has 0 aliphatic heterocycles. The first kappa shape index (κ1) is 17.7. The van der Waals surface area contributed by atoms with Gasteiger partial charge in [-0.15, -0.1) is 11.3 Å². The molecule has 27 heavy (non-hydrogen) atoms. The number of furan rings is 1. The standard InChI is InChI=1S/C21H19N3OS2/c1-15(2)17-5-7-18(8-6-17)23-21-24(22-12-16-9-11-26-13-16)19(14-27-21)20-4-3-10-25-20/h3-15H,1-2H3. The zero-order valence-electron chi connectivity index (χ0n) is 15.1. The normalized spacial score (nSPS) is 12.5. The van der Waals surface area contributed by atoms with Crippen LogP contribution in [-0.2, 0) is 0 Å². The van der Waals surface area contributed by atoms with E-state index in [4.69, 9.17) is 9.41 Å². The fourth-order valence-electron chi connectivity index (χ4n) is 2.60. The Morgan fingerprint density at radius 1 is 1.07 bits per heavy atom. The van der Waals surface area contributed by atoms with E-state index in [2.05, 4.69) is 48.6 Å². The van der Waals surface area contributed by atoms with Gasteiger partial charge in [-0.1, -0.05) is 26.0 Å². The van der Waals surface area contributed by atoms with Crippen LogP contribution in [0, 0.1) is 0 Å². The zero-order chi connectivity index (χ0) is 18.6. The van der Waals surface area contributed by atoms with E-state index >= 15 is 0 Å². The van der Waals surface area contributed by atoms with Gasteiger partial charge in [-0.05, 0) is 52.6 Å². The molecule has 6 heteroatoms. The van der Waals surface area contributed by atoms with E-state index in [-0.39, 0.29) is 0 Å². The van der Waals surface area contributed by atoms with E-state index < -0.39 is 0 Å². The zero-order valence-corrected chi connectivity index (χ0v) is 16.7. The predicted octanol–water partition coefficient (Wildman–Crippen LogP) is 6.11. The van der Waals surface area contributed by atoms with E-state index in [9.17, 15) is 0 Å². The molecule has 0 saturated heterocycles. The molecule has 0 N–H and O–H groups in total. The lowest BCUT2D eigenvalue weighted by Gasteiger charge is -2.04. The smallest absolute Gasteiger partial charge is 0.211 e. The summed E-state index contributed by atoms with van der Waals surface area (Å²) in [6.45, 7) is 4.38. The second-order valence-corrected chi connectivity index (χ2v) is 7.97. The Balaban J connectivity index is 1.78. The van der Waals surface area contributed by atoms with Crippen molar-refractivity contribution in [2.24, 2.45) is 10.1 Å². The summed E-state index contributed by atoms with van der Waals surface area (Å²) in [6, 6.07) is 14.2. The highest BCUT2D eigenvalue weighted by Gasteiger charge is 2.10. The molecule has 0 aliphatic carbocycles. The van der Waals surface area contributed by atoms with Crippen molar-refractivity contribution in [1.29, 1.82) is 0 Å². The minimum absolute atomic E-state index is 0.506. The van der Waals surface area contributed by atoms with Crippen LogP contribution in [0.2, 0.25) is 0 Å². The Labute approximate surface area is 165 Å². The number of nitrogens with zero attached hydrogens (tertiary/aromatic N) is 3. The number of hydrogen-bond acceptors (Lipinski definition) is 5. The Morgan fingerprint density at radius 2 is 1.93 bits per heavy atom. The van der Waals surface area contributed by atoms with Crippen LogP contribution in [0.5, 0.6) is 0 Å². The maximum absolute atomic E-state index is 5.58. The van der Waals surface area contributed by atoms with Crippen LogP contribution >= 0.6 is 22.7 Å². The van der Waals surface area contributed by atoms with Gasteiger partial charge in [-0.25, -0.2) is 9.67 Å². The van der Waals surface area contributed by atoms with Crippen LogP contribution in [0.3, 0.4) is 0 Å². The van der Waals surface area contributed by atoms with Crippen molar-refractivity contribution in [3.63, 3.8) is 0 Å². The van der Waals surface area contributed by atoms with Gasteiger partial charge >= 0.3 is 0 Å². The maximum Gasteiger partial charge on any atom is 0.211 e. The third kappa shape index (κ3) is 4.02. The van der Waals surface area contributed by atoms with Crippen LogP contribution in [-0.4, -0.2) is 10.9 Å². The highest BCUT2D eigenvalue weighted by atomic mass is 32.1. The quantitative estimate of drug-likeness (QED) is 0.377. The Morgan fingerprint density at radius 3 is 2.59 bits per heavy atom. The lowest BCUT2D eigenvalue weighted by atomic mass is 10.0. The van der Waals surface area contributed by atoms with E-state index in [1.807, 2.05) is 39.8 Å². The van der Waals surface area contributed by atoms with Crippen molar-refractivity contribution in [3.05, 3.63) is 80.8 Å². The van der Waals surface area contributed by atoms with Crippen molar-refractivity contribution >= 4 is 34.6 Å². The molecule has 0 radical (unpaired) electrons. The Hall–Kier alpha value is -2.70. The average Bonchev–Trinajstić information content (AvgIpc) is 3.42. The molecule has 1 aromatic carbocycles. The molecule has 0 fully saturated rings. The van der Waals surface area contributed by atoms with Gasteiger partial charge in [0, 0.05) is 10.9 Å². The van der Waals surface area contributed by atoms with Crippen LogP contribution in [0.15, 0.2) is 79.4 Å². The van der Waals surface area contributed by atoms with Crippen molar-refractivity contribution in [1.82, 2.24) is 4.68 Å². The first-order valence-electron chi connectivity index (χ1n) is 8.66. The first-order chi connectivity index (χ1) is 13.2. The number of thiazole rings is 1. The third-order valence-electron chi connectivity index (χ3n) is 4.11. The summed E-state index contributed by atoms with van der Waals surface area (Å²) in [5, 5.41) is 10.8. The second-order valence-electron chi connectivity index (χ2n) is 6.35. The fourth-order valence-corrected chi connectivity index (χ4v) is 4.05. The molecule has 3 aromatic heterocycles. The van der Waals surface area contributed by atoms with Gasteiger partial charge in [0.25, 0.3) is 0 Å². The molecule has 0 unspecified atom stereocenters. The molecule has 4 aromatic rings. The van der Waals surface area contributed by atoms with E-state index in [0.717, 1.165) is 27.5 Å². The van der Waals surface area contributed by atoms with Gasteiger partial charge < -0.3 is 4.42 Å². The fraction of sp³-hybridized carbons (Fsp3) is 0.143.